The molecule has 3 amide bonds. The average Bonchev–Trinajstić information content (AvgIpc) is 3.33. The first-order chi connectivity index (χ1) is 17.3. The average molecular weight is 496 g/mol. The summed E-state index contributed by atoms with van der Waals surface area (Å²) >= 11 is 0. The third-order valence-electron chi connectivity index (χ3n) is 6.37. The Kier molecular flexibility index (Phi) is 6.21. The second-order valence-corrected chi connectivity index (χ2v) is 8.69. The van der Waals surface area contributed by atoms with Crippen LogP contribution in [-0.2, 0) is 19.3 Å². The van der Waals surface area contributed by atoms with Crippen LogP contribution >= 0.6 is 0 Å². The molecule has 36 heavy (non-hydrogen) atoms. The van der Waals surface area contributed by atoms with E-state index < -0.39 is 17.8 Å². The van der Waals surface area contributed by atoms with Crippen molar-refractivity contribution in [2.24, 2.45) is 0 Å². The molecular weight excluding hydrogens is 473 g/mol. The van der Waals surface area contributed by atoms with Gasteiger partial charge in [0.25, 0.3) is 5.91 Å². The monoisotopic (exact) mass is 496 g/mol. The van der Waals surface area contributed by atoms with E-state index in [2.05, 4.69) is 20.2 Å². The maximum Gasteiger partial charge on any atom is 0.416 e. The van der Waals surface area contributed by atoms with Crippen molar-refractivity contribution >= 4 is 23.4 Å². The minimum atomic E-state index is -4.42. The fraction of sp³-hybridized carbons (Fsp3) is 0.280. The number of nitrogens with zero attached hydrogens (tertiary/aromatic N) is 5. The SMILES string of the molecule is O=C(Nc1ccc(C(=O)N2CCN(c3cnccn3)CC2)cc1)N1Cc2ccc(C(F)(F)F)cc2C1. The molecule has 0 aliphatic carbocycles. The van der Waals surface area contributed by atoms with Gasteiger partial charge < -0.3 is 20.0 Å². The van der Waals surface area contributed by atoms with Gasteiger partial charge in [-0.2, -0.15) is 13.2 Å². The van der Waals surface area contributed by atoms with Gasteiger partial charge in [0.15, 0.2) is 0 Å². The first-order valence-electron chi connectivity index (χ1n) is 11.4. The highest BCUT2D eigenvalue weighted by atomic mass is 19.4. The number of carbonyl (C=O) groups excluding carboxylic acids is 2. The van der Waals surface area contributed by atoms with Gasteiger partial charge in [0.1, 0.15) is 5.82 Å². The number of hydrogen-bond donors (Lipinski definition) is 1. The van der Waals surface area contributed by atoms with Gasteiger partial charge in [0.2, 0.25) is 0 Å². The van der Waals surface area contributed by atoms with E-state index in [1.807, 2.05) is 0 Å². The molecular formula is C25H23F3N6O2. The molecule has 0 atom stereocenters. The Hall–Kier alpha value is -4.15. The van der Waals surface area contributed by atoms with Gasteiger partial charge in [-0.3, -0.25) is 9.78 Å². The number of urea groups is 1. The van der Waals surface area contributed by atoms with Crippen LogP contribution in [0.4, 0.5) is 29.5 Å². The molecule has 1 aromatic heterocycles. The molecule has 8 nitrogen and oxygen atoms in total. The number of carbonyl (C=O) groups is 2. The van der Waals surface area contributed by atoms with Crippen LogP contribution in [0, 0.1) is 0 Å². The van der Waals surface area contributed by atoms with Crippen molar-refractivity contribution in [3.63, 3.8) is 0 Å². The summed E-state index contributed by atoms with van der Waals surface area (Å²) in [7, 11) is 0. The lowest BCUT2D eigenvalue weighted by atomic mass is 10.1. The number of anilines is 2. The molecule has 1 N–H and O–H groups in total. The molecule has 2 aliphatic heterocycles. The second-order valence-electron chi connectivity index (χ2n) is 8.69. The second kappa shape index (κ2) is 9.48. The zero-order valence-corrected chi connectivity index (χ0v) is 19.2. The van der Waals surface area contributed by atoms with E-state index in [4.69, 9.17) is 0 Å². The number of halogens is 3. The normalized spacial score (nSPS) is 15.6. The predicted molar refractivity (Wildman–Crippen MR) is 126 cm³/mol. The summed E-state index contributed by atoms with van der Waals surface area (Å²) in [6, 6.07) is 9.72. The van der Waals surface area contributed by atoms with Crippen LogP contribution in [-0.4, -0.2) is 57.9 Å². The summed E-state index contributed by atoms with van der Waals surface area (Å²) in [4.78, 5) is 39.3. The minimum Gasteiger partial charge on any atom is -0.352 e. The third kappa shape index (κ3) is 4.95. The van der Waals surface area contributed by atoms with E-state index in [1.165, 1.54) is 11.0 Å². The molecule has 2 aromatic carbocycles. The molecule has 11 heteroatoms. The number of fused-ring (bicyclic) bond motifs is 1. The number of amides is 3. The number of piperazine rings is 1. The number of aromatic nitrogens is 2. The largest absolute Gasteiger partial charge is 0.416 e. The Bertz CT molecular complexity index is 1260. The van der Waals surface area contributed by atoms with Crippen LogP contribution in [0.15, 0.2) is 61.1 Å². The van der Waals surface area contributed by atoms with Crippen LogP contribution in [0.5, 0.6) is 0 Å². The summed E-state index contributed by atoms with van der Waals surface area (Å²) in [6.45, 7) is 2.75. The van der Waals surface area contributed by atoms with E-state index >= 15 is 0 Å². The Labute approximate surface area is 205 Å². The van der Waals surface area contributed by atoms with Crippen LogP contribution in [0.3, 0.4) is 0 Å². The third-order valence-corrected chi connectivity index (χ3v) is 6.37. The van der Waals surface area contributed by atoms with Gasteiger partial charge in [-0.15, -0.1) is 0 Å². The molecule has 0 unspecified atom stereocenters. The van der Waals surface area contributed by atoms with Gasteiger partial charge >= 0.3 is 12.2 Å². The Morgan fingerprint density at radius 3 is 2.25 bits per heavy atom. The van der Waals surface area contributed by atoms with E-state index in [9.17, 15) is 22.8 Å². The van der Waals surface area contributed by atoms with E-state index in [0.29, 0.717) is 48.6 Å². The van der Waals surface area contributed by atoms with Gasteiger partial charge in [0.05, 0.1) is 11.8 Å². The van der Waals surface area contributed by atoms with Crippen LogP contribution in [0.2, 0.25) is 0 Å². The molecule has 0 bridgehead atoms. The van der Waals surface area contributed by atoms with Crippen LogP contribution in [0.1, 0.15) is 27.0 Å². The zero-order chi connectivity index (χ0) is 25.3. The van der Waals surface area contributed by atoms with Crippen molar-refractivity contribution in [1.82, 2.24) is 19.8 Å². The van der Waals surface area contributed by atoms with E-state index in [-0.39, 0.29) is 19.0 Å². The summed E-state index contributed by atoms with van der Waals surface area (Å²) < 4.78 is 38.9. The fourth-order valence-corrected chi connectivity index (χ4v) is 4.39. The molecule has 0 spiro atoms. The van der Waals surface area contributed by atoms with Crippen molar-refractivity contribution in [1.29, 1.82) is 0 Å². The van der Waals surface area contributed by atoms with Gasteiger partial charge in [-0.1, -0.05) is 6.07 Å². The number of alkyl halides is 3. The first kappa shape index (κ1) is 23.6. The zero-order valence-electron chi connectivity index (χ0n) is 19.2. The van der Waals surface area contributed by atoms with Crippen molar-refractivity contribution in [2.45, 2.75) is 19.3 Å². The maximum absolute atomic E-state index is 13.0. The van der Waals surface area contributed by atoms with Crippen LogP contribution in [0.25, 0.3) is 0 Å². The summed E-state index contributed by atoms with van der Waals surface area (Å²) in [6.07, 6.45) is 0.533. The molecule has 0 saturated carbocycles. The molecule has 0 radical (unpaired) electrons. The Morgan fingerprint density at radius 1 is 0.861 bits per heavy atom. The van der Waals surface area contributed by atoms with Gasteiger partial charge in [-0.05, 0) is 47.5 Å². The maximum atomic E-state index is 13.0. The standard InChI is InChI=1S/C25H23F3N6O2/c26-25(27,28)20-4-1-18-15-34(16-19(18)13-20)24(36)31-21-5-2-17(3-6-21)23(35)33-11-9-32(10-12-33)22-14-29-7-8-30-22/h1-8,13-14H,9-12,15-16H2,(H,31,36). The summed E-state index contributed by atoms with van der Waals surface area (Å²) in [5.41, 5.74) is 1.46. The highest BCUT2D eigenvalue weighted by Gasteiger charge is 2.33. The minimum absolute atomic E-state index is 0.0952. The Morgan fingerprint density at radius 2 is 1.58 bits per heavy atom. The molecule has 1 fully saturated rings. The lowest BCUT2D eigenvalue weighted by Crippen LogP contribution is -2.49. The van der Waals surface area contributed by atoms with E-state index in [1.54, 1.807) is 47.8 Å². The molecule has 5 rings (SSSR count). The van der Waals surface area contributed by atoms with Gasteiger partial charge in [-0.25, -0.2) is 9.78 Å². The fourth-order valence-electron chi connectivity index (χ4n) is 4.39. The quantitative estimate of drug-likeness (QED) is 0.593. The molecule has 3 heterocycles. The number of rotatable bonds is 3. The van der Waals surface area contributed by atoms with Crippen molar-refractivity contribution < 1.29 is 22.8 Å². The number of nitrogens with one attached hydrogen (secondary N) is 1. The summed E-state index contributed by atoms with van der Waals surface area (Å²) in [5.74, 6) is 0.689. The number of benzene rings is 2. The van der Waals surface area contributed by atoms with Crippen LogP contribution < -0.4 is 10.2 Å². The highest BCUT2D eigenvalue weighted by Crippen LogP contribution is 2.33. The molecule has 3 aromatic rings. The molecule has 2 aliphatic rings. The predicted octanol–water partition coefficient (Wildman–Crippen LogP) is 4.01. The Balaban J connectivity index is 1.15. The van der Waals surface area contributed by atoms with E-state index in [0.717, 1.165) is 18.0 Å². The lowest BCUT2D eigenvalue weighted by Gasteiger charge is -2.35. The summed E-state index contributed by atoms with van der Waals surface area (Å²) in [5, 5.41) is 2.75. The van der Waals surface area contributed by atoms with Crippen molar-refractivity contribution in [2.75, 3.05) is 36.4 Å². The van der Waals surface area contributed by atoms with Gasteiger partial charge in [0, 0.05) is 62.9 Å². The van der Waals surface area contributed by atoms with Crippen molar-refractivity contribution in [3.05, 3.63) is 83.3 Å². The lowest BCUT2D eigenvalue weighted by molar-refractivity contribution is -0.137. The topological polar surface area (TPSA) is 81.7 Å². The molecule has 186 valence electrons. The smallest absolute Gasteiger partial charge is 0.352 e. The molecule has 1 saturated heterocycles. The number of hydrogen-bond acceptors (Lipinski definition) is 5. The highest BCUT2D eigenvalue weighted by molar-refractivity contribution is 5.95. The first-order valence-corrected chi connectivity index (χ1v) is 11.4. The van der Waals surface area contributed by atoms with Crippen molar-refractivity contribution in [3.8, 4) is 0 Å².